The Morgan fingerprint density at radius 2 is 1.64 bits per heavy atom. The third-order valence-electron chi connectivity index (χ3n) is 6.79. The summed E-state index contributed by atoms with van der Waals surface area (Å²) in [6.07, 6.45) is 1.77. The molecule has 0 bridgehead atoms. The molecule has 3 aromatic rings. The predicted octanol–water partition coefficient (Wildman–Crippen LogP) is 3.61. The van der Waals surface area contributed by atoms with Crippen LogP contribution in [0.1, 0.15) is 24.3 Å². The van der Waals surface area contributed by atoms with E-state index in [0.29, 0.717) is 24.2 Å². The maximum absolute atomic E-state index is 13.1. The van der Waals surface area contributed by atoms with Gasteiger partial charge in [-0.1, -0.05) is 53.2 Å². The van der Waals surface area contributed by atoms with Crippen LogP contribution in [0, 0.1) is 12.8 Å². The van der Waals surface area contributed by atoms with Crippen molar-refractivity contribution in [3.05, 3.63) is 66.1 Å². The number of aromatic nitrogens is 2. The van der Waals surface area contributed by atoms with Crippen LogP contribution >= 0.6 is 0 Å². The Morgan fingerprint density at radius 3 is 2.33 bits per heavy atom. The minimum Gasteiger partial charge on any atom is -0.368 e. The lowest BCUT2D eigenvalue weighted by atomic mass is 9.95. The molecule has 2 saturated heterocycles. The number of benzene rings is 2. The number of anilines is 1. The van der Waals surface area contributed by atoms with E-state index in [4.69, 9.17) is 4.52 Å². The number of piperidine rings is 1. The first-order chi connectivity index (χ1) is 16.2. The van der Waals surface area contributed by atoms with Crippen LogP contribution in [0.3, 0.4) is 0 Å². The summed E-state index contributed by atoms with van der Waals surface area (Å²) in [7, 11) is 0. The first-order valence-corrected chi connectivity index (χ1v) is 11.9. The van der Waals surface area contributed by atoms with E-state index in [-0.39, 0.29) is 5.92 Å². The number of nitrogens with zero attached hydrogens (tertiary/aromatic N) is 5. The summed E-state index contributed by atoms with van der Waals surface area (Å²) in [5.41, 5.74) is 3.41. The molecular formula is C26H31N5O2. The molecule has 0 N–H and O–H groups in total. The van der Waals surface area contributed by atoms with Crippen LogP contribution in [0.4, 0.5) is 5.69 Å². The van der Waals surface area contributed by atoms with Gasteiger partial charge in [-0.05, 0) is 45.0 Å². The molecule has 0 unspecified atom stereocenters. The fraction of sp³-hybridized carbons (Fsp3) is 0.423. The zero-order chi connectivity index (χ0) is 22.6. The van der Waals surface area contributed by atoms with Gasteiger partial charge in [0.2, 0.25) is 17.6 Å². The molecule has 0 aliphatic carbocycles. The molecule has 5 rings (SSSR count). The summed E-state index contributed by atoms with van der Waals surface area (Å²) in [6.45, 7) is 7.85. The molecule has 7 nitrogen and oxygen atoms in total. The molecule has 7 heteroatoms. The van der Waals surface area contributed by atoms with Gasteiger partial charge in [0, 0.05) is 43.3 Å². The highest BCUT2D eigenvalue weighted by Crippen LogP contribution is 2.24. The zero-order valence-corrected chi connectivity index (χ0v) is 19.2. The largest absolute Gasteiger partial charge is 0.368 e. The number of carbonyl (C=O) groups is 1. The Labute approximate surface area is 195 Å². The summed E-state index contributed by atoms with van der Waals surface area (Å²) < 4.78 is 5.49. The van der Waals surface area contributed by atoms with Crippen molar-refractivity contribution in [2.45, 2.75) is 26.3 Å². The van der Waals surface area contributed by atoms with Crippen LogP contribution in [0.5, 0.6) is 0 Å². The van der Waals surface area contributed by atoms with E-state index in [1.54, 1.807) is 0 Å². The molecule has 3 heterocycles. The van der Waals surface area contributed by atoms with Crippen LogP contribution in [-0.4, -0.2) is 65.1 Å². The average Bonchev–Trinajstić information content (AvgIpc) is 3.33. The van der Waals surface area contributed by atoms with Crippen molar-refractivity contribution in [1.82, 2.24) is 19.9 Å². The first kappa shape index (κ1) is 21.6. The van der Waals surface area contributed by atoms with Crippen molar-refractivity contribution in [2.24, 2.45) is 5.92 Å². The average molecular weight is 446 g/mol. The van der Waals surface area contributed by atoms with Gasteiger partial charge in [-0.15, -0.1) is 0 Å². The standard InChI is InChI=1S/C26H31N5O2/c1-20-7-9-21(10-8-20)25-27-24(33-28-25)19-29-13-11-22(12-14-29)26(32)31-17-15-30(16-18-31)23-5-3-2-4-6-23/h2-10,22H,11-19H2,1H3. The van der Waals surface area contributed by atoms with Gasteiger partial charge in [0.1, 0.15) is 0 Å². The minimum absolute atomic E-state index is 0.121. The predicted molar refractivity (Wildman–Crippen MR) is 128 cm³/mol. The van der Waals surface area contributed by atoms with E-state index in [9.17, 15) is 4.79 Å². The van der Waals surface area contributed by atoms with Crippen molar-refractivity contribution in [3.8, 4) is 11.4 Å². The van der Waals surface area contributed by atoms with Gasteiger partial charge >= 0.3 is 0 Å². The fourth-order valence-corrected chi connectivity index (χ4v) is 4.75. The molecule has 2 aromatic carbocycles. The first-order valence-electron chi connectivity index (χ1n) is 11.9. The third-order valence-corrected chi connectivity index (χ3v) is 6.79. The molecule has 33 heavy (non-hydrogen) atoms. The van der Waals surface area contributed by atoms with Crippen molar-refractivity contribution < 1.29 is 9.32 Å². The van der Waals surface area contributed by atoms with Gasteiger partial charge in [-0.25, -0.2) is 0 Å². The van der Waals surface area contributed by atoms with Crippen LogP contribution < -0.4 is 4.90 Å². The van der Waals surface area contributed by atoms with Crippen LogP contribution in [0.15, 0.2) is 59.1 Å². The number of hydrogen-bond donors (Lipinski definition) is 0. The molecule has 0 saturated carbocycles. The van der Waals surface area contributed by atoms with Crippen LogP contribution in [-0.2, 0) is 11.3 Å². The molecule has 1 amide bonds. The lowest BCUT2D eigenvalue weighted by molar-refractivity contribution is -0.137. The summed E-state index contributed by atoms with van der Waals surface area (Å²) in [4.78, 5) is 24.4. The highest BCUT2D eigenvalue weighted by Gasteiger charge is 2.31. The maximum Gasteiger partial charge on any atom is 0.241 e. The molecule has 0 atom stereocenters. The van der Waals surface area contributed by atoms with Gasteiger partial charge in [-0.3, -0.25) is 9.69 Å². The van der Waals surface area contributed by atoms with Crippen molar-refractivity contribution >= 4 is 11.6 Å². The smallest absolute Gasteiger partial charge is 0.241 e. The van der Waals surface area contributed by atoms with E-state index in [0.717, 1.165) is 57.7 Å². The second kappa shape index (κ2) is 9.75. The normalized spacial score (nSPS) is 18.0. The number of amides is 1. The van der Waals surface area contributed by atoms with E-state index < -0.39 is 0 Å². The zero-order valence-electron chi connectivity index (χ0n) is 19.2. The molecule has 2 aliphatic heterocycles. The number of carbonyl (C=O) groups excluding carboxylic acids is 1. The van der Waals surface area contributed by atoms with Gasteiger partial charge < -0.3 is 14.3 Å². The number of piperazine rings is 1. The van der Waals surface area contributed by atoms with Crippen molar-refractivity contribution in [2.75, 3.05) is 44.2 Å². The monoisotopic (exact) mass is 445 g/mol. The second-order valence-corrected chi connectivity index (χ2v) is 9.08. The summed E-state index contributed by atoms with van der Waals surface area (Å²) in [5.74, 6) is 1.70. The molecule has 0 spiro atoms. The Morgan fingerprint density at radius 1 is 0.939 bits per heavy atom. The van der Waals surface area contributed by atoms with E-state index in [2.05, 4.69) is 68.2 Å². The van der Waals surface area contributed by atoms with Gasteiger partial charge in [0.15, 0.2) is 0 Å². The van der Waals surface area contributed by atoms with E-state index in [1.165, 1.54) is 11.3 Å². The van der Waals surface area contributed by atoms with Gasteiger partial charge in [-0.2, -0.15) is 4.98 Å². The highest BCUT2D eigenvalue weighted by molar-refractivity contribution is 5.79. The van der Waals surface area contributed by atoms with Crippen molar-refractivity contribution in [1.29, 1.82) is 0 Å². The van der Waals surface area contributed by atoms with Crippen LogP contribution in [0.2, 0.25) is 0 Å². The number of para-hydroxylation sites is 1. The van der Waals surface area contributed by atoms with Crippen LogP contribution in [0.25, 0.3) is 11.4 Å². The summed E-state index contributed by atoms with van der Waals surface area (Å²) in [6, 6.07) is 18.6. The Kier molecular flexibility index (Phi) is 6.39. The number of rotatable bonds is 5. The molecular weight excluding hydrogens is 414 g/mol. The molecule has 2 fully saturated rings. The quantitative estimate of drug-likeness (QED) is 0.598. The third kappa shape index (κ3) is 5.09. The van der Waals surface area contributed by atoms with Gasteiger partial charge in [0.25, 0.3) is 0 Å². The summed E-state index contributed by atoms with van der Waals surface area (Å²) >= 11 is 0. The molecule has 172 valence electrons. The van der Waals surface area contributed by atoms with E-state index in [1.807, 2.05) is 18.2 Å². The lowest BCUT2D eigenvalue weighted by Crippen LogP contribution is -2.51. The Hall–Kier alpha value is -3.19. The van der Waals surface area contributed by atoms with Crippen molar-refractivity contribution in [3.63, 3.8) is 0 Å². The highest BCUT2D eigenvalue weighted by atomic mass is 16.5. The second-order valence-electron chi connectivity index (χ2n) is 9.08. The Bertz CT molecular complexity index is 1050. The summed E-state index contributed by atoms with van der Waals surface area (Å²) in [5, 5.41) is 4.14. The SMILES string of the molecule is Cc1ccc(-c2noc(CN3CCC(C(=O)N4CCN(c5ccccc5)CC4)CC3)n2)cc1. The molecule has 1 aromatic heterocycles. The number of aryl methyl sites for hydroxylation is 1. The number of likely N-dealkylation sites (tertiary alicyclic amines) is 1. The minimum atomic E-state index is 0.121. The lowest BCUT2D eigenvalue weighted by Gasteiger charge is -2.39. The molecule has 0 radical (unpaired) electrons. The molecule has 2 aliphatic rings. The van der Waals surface area contributed by atoms with Gasteiger partial charge in [0.05, 0.1) is 6.54 Å². The fourth-order valence-electron chi connectivity index (χ4n) is 4.75. The topological polar surface area (TPSA) is 65.7 Å². The number of hydrogen-bond acceptors (Lipinski definition) is 6. The maximum atomic E-state index is 13.1. The Balaban J connectivity index is 1.09. The van der Waals surface area contributed by atoms with E-state index >= 15 is 0 Å².